The van der Waals surface area contributed by atoms with Crippen LogP contribution in [0.3, 0.4) is 0 Å². The zero-order valence-electron chi connectivity index (χ0n) is 10.5. The van der Waals surface area contributed by atoms with Gasteiger partial charge in [-0.1, -0.05) is 24.6 Å². The fourth-order valence-electron chi connectivity index (χ4n) is 3.34. The van der Waals surface area contributed by atoms with E-state index < -0.39 is 0 Å². The first-order valence-corrected chi connectivity index (χ1v) is 7.77. The van der Waals surface area contributed by atoms with Crippen LogP contribution in [0, 0.1) is 11.8 Å². The van der Waals surface area contributed by atoms with Crippen LogP contribution in [-0.4, -0.2) is 17.7 Å². The molecule has 2 nitrogen and oxygen atoms in total. The molecule has 3 atom stereocenters. The summed E-state index contributed by atoms with van der Waals surface area (Å²) in [5.74, 6) is 2.39. The quantitative estimate of drug-likeness (QED) is 0.844. The molecule has 0 spiro atoms. The van der Waals surface area contributed by atoms with E-state index in [2.05, 4.69) is 17.4 Å². The van der Waals surface area contributed by atoms with Crippen LogP contribution in [0.5, 0.6) is 0 Å². The summed E-state index contributed by atoms with van der Waals surface area (Å²) in [5, 5.41) is 3.22. The number of hydrogen-bond donors (Lipinski definition) is 1. The molecule has 18 heavy (non-hydrogen) atoms. The van der Waals surface area contributed by atoms with Crippen molar-refractivity contribution < 1.29 is 4.79 Å². The average Bonchev–Trinajstić information content (AvgIpc) is 3.00. The van der Waals surface area contributed by atoms with Crippen LogP contribution in [0.15, 0.2) is 35.2 Å². The smallest absolute Gasteiger partial charge is 0.230 e. The maximum absolute atomic E-state index is 11.9. The molecule has 1 aromatic carbocycles. The predicted octanol–water partition coefficient (Wildman–Crippen LogP) is 3.08. The molecular formula is C15H19NOS. The van der Waals surface area contributed by atoms with Gasteiger partial charge >= 0.3 is 0 Å². The van der Waals surface area contributed by atoms with Crippen molar-refractivity contribution >= 4 is 17.7 Å². The van der Waals surface area contributed by atoms with Gasteiger partial charge in [0.1, 0.15) is 0 Å². The number of fused-ring (bicyclic) bond motifs is 2. The third-order valence-electron chi connectivity index (χ3n) is 4.20. The molecular weight excluding hydrogens is 242 g/mol. The Bertz CT molecular complexity index is 420. The molecule has 1 amide bonds. The number of carbonyl (C=O) groups is 1. The standard InChI is InChI=1S/C15H19NOS/c17-15(10-18-13-4-2-1-3-5-13)16-14-9-11-6-7-12(14)8-11/h1-5,11-12,14H,6-10H2,(H,16,17)/t11-,12-,14+/m1/s1. The maximum Gasteiger partial charge on any atom is 0.230 e. The first-order chi connectivity index (χ1) is 8.81. The summed E-state index contributed by atoms with van der Waals surface area (Å²) >= 11 is 1.62. The molecule has 2 fully saturated rings. The SMILES string of the molecule is O=C(CSc1ccccc1)N[C@H]1C[C@@H]2CC[C@@H]1C2. The maximum atomic E-state index is 11.9. The fourth-order valence-corrected chi connectivity index (χ4v) is 4.07. The number of rotatable bonds is 4. The fraction of sp³-hybridized carbons (Fsp3) is 0.533. The molecule has 2 aliphatic carbocycles. The molecule has 2 saturated carbocycles. The Morgan fingerprint density at radius 1 is 1.22 bits per heavy atom. The number of amides is 1. The third-order valence-corrected chi connectivity index (χ3v) is 5.21. The largest absolute Gasteiger partial charge is 0.352 e. The number of benzene rings is 1. The lowest BCUT2D eigenvalue weighted by Crippen LogP contribution is -2.39. The van der Waals surface area contributed by atoms with E-state index in [1.54, 1.807) is 11.8 Å². The topological polar surface area (TPSA) is 29.1 Å². The van der Waals surface area contributed by atoms with Gasteiger partial charge in [0.2, 0.25) is 5.91 Å². The van der Waals surface area contributed by atoms with Gasteiger partial charge in [-0.05, 0) is 43.2 Å². The van der Waals surface area contributed by atoms with Gasteiger partial charge < -0.3 is 5.32 Å². The van der Waals surface area contributed by atoms with Crippen LogP contribution in [0.4, 0.5) is 0 Å². The molecule has 0 radical (unpaired) electrons. The van der Waals surface area contributed by atoms with Crippen LogP contribution < -0.4 is 5.32 Å². The molecule has 0 heterocycles. The van der Waals surface area contributed by atoms with E-state index in [-0.39, 0.29) is 5.91 Å². The Morgan fingerprint density at radius 2 is 2.06 bits per heavy atom. The van der Waals surface area contributed by atoms with Crippen molar-refractivity contribution in [3.63, 3.8) is 0 Å². The Kier molecular flexibility index (Phi) is 3.59. The highest BCUT2D eigenvalue weighted by Crippen LogP contribution is 2.44. The van der Waals surface area contributed by atoms with Gasteiger partial charge in [-0.15, -0.1) is 11.8 Å². The van der Waals surface area contributed by atoms with Crippen molar-refractivity contribution in [3.8, 4) is 0 Å². The minimum absolute atomic E-state index is 0.196. The number of thioether (sulfide) groups is 1. The van der Waals surface area contributed by atoms with Crippen molar-refractivity contribution in [1.82, 2.24) is 5.32 Å². The summed E-state index contributed by atoms with van der Waals surface area (Å²) in [7, 11) is 0. The second kappa shape index (κ2) is 5.35. The number of hydrogen-bond acceptors (Lipinski definition) is 2. The molecule has 0 aromatic heterocycles. The van der Waals surface area contributed by atoms with Gasteiger partial charge in [-0.3, -0.25) is 4.79 Å². The first-order valence-electron chi connectivity index (χ1n) is 6.78. The lowest BCUT2D eigenvalue weighted by Gasteiger charge is -2.22. The number of carbonyl (C=O) groups excluding carboxylic acids is 1. The van der Waals surface area contributed by atoms with E-state index in [0.717, 1.165) is 11.8 Å². The summed E-state index contributed by atoms with van der Waals surface area (Å²) in [4.78, 5) is 13.1. The molecule has 96 valence electrons. The lowest BCUT2D eigenvalue weighted by molar-refractivity contribution is -0.119. The van der Waals surface area contributed by atoms with Crippen LogP contribution in [-0.2, 0) is 4.79 Å². The second-order valence-corrected chi connectivity index (χ2v) is 6.50. The van der Waals surface area contributed by atoms with E-state index in [4.69, 9.17) is 0 Å². The summed E-state index contributed by atoms with van der Waals surface area (Å²) in [6, 6.07) is 10.6. The molecule has 3 heteroatoms. The van der Waals surface area contributed by atoms with E-state index in [1.807, 2.05) is 18.2 Å². The summed E-state index contributed by atoms with van der Waals surface area (Å²) in [6.07, 6.45) is 5.26. The lowest BCUT2D eigenvalue weighted by atomic mass is 9.95. The molecule has 1 N–H and O–H groups in total. The molecule has 1 aromatic rings. The Morgan fingerprint density at radius 3 is 2.72 bits per heavy atom. The van der Waals surface area contributed by atoms with Crippen LogP contribution in [0.2, 0.25) is 0 Å². The summed E-state index contributed by atoms with van der Waals surface area (Å²) < 4.78 is 0. The van der Waals surface area contributed by atoms with Crippen LogP contribution >= 0.6 is 11.8 Å². The monoisotopic (exact) mass is 261 g/mol. The normalized spacial score (nSPS) is 29.4. The van der Waals surface area contributed by atoms with Gasteiger partial charge in [0.15, 0.2) is 0 Å². The predicted molar refractivity (Wildman–Crippen MR) is 74.5 cm³/mol. The molecule has 2 aliphatic rings. The highest BCUT2D eigenvalue weighted by atomic mass is 32.2. The molecule has 0 aliphatic heterocycles. The van der Waals surface area contributed by atoms with Crippen molar-refractivity contribution in [1.29, 1.82) is 0 Å². The molecule has 2 bridgehead atoms. The van der Waals surface area contributed by atoms with Gasteiger partial charge in [0.25, 0.3) is 0 Å². The van der Waals surface area contributed by atoms with Crippen molar-refractivity contribution in [2.45, 2.75) is 36.6 Å². The van der Waals surface area contributed by atoms with E-state index in [1.165, 1.54) is 30.6 Å². The number of nitrogens with one attached hydrogen (secondary N) is 1. The summed E-state index contributed by atoms with van der Waals surface area (Å²) in [5.41, 5.74) is 0. The molecule has 0 saturated heterocycles. The highest BCUT2D eigenvalue weighted by molar-refractivity contribution is 8.00. The zero-order chi connectivity index (χ0) is 12.4. The van der Waals surface area contributed by atoms with Crippen molar-refractivity contribution in [3.05, 3.63) is 30.3 Å². The third kappa shape index (κ3) is 2.72. The van der Waals surface area contributed by atoms with Gasteiger partial charge in [0, 0.05) is 10.9 Å². The van der Waals surface area contributed by atoms with Gasteiger partial charge in [-0.2, -0.15) is 0 Å². The van der Waals surface area contributed by atoms with Gasteiger partial charge in [0.05, 0.1) is 5.75 Å². The zero-order valence-corrected chi connectivity index (χ0v) is 11.3. The molecule has 0 unspecified atom stereocenters. The van der Waals surface area contributed by atoms with E-state index >= 15 is 0 Å². The second-order valence-electron chi connectivity index (χ2n) is 5.45. The minimum Gasteiger partial charge on any atom is -0.352 e. The Hall–Kier alpha value is -0.960. The Balaban J connectivity index is 1.45. The average molecular weight is 261 g/mol. The Labute approximate surface area is 113 Å². The highest BCUT2D eigenvalue weighted by Gasteiger charge is 2.39. The van der Waals surface area contributed by atoms with Crippen molar-refractivity contribution in [2.24, 2.45) is 11.8 Å². The molecule has 3 rings (SSSR count). The van der Waals surface area contributed by atoms with Crippen LogP contribution in [0.25, 0.3) is 0 Å². The van der Waals surface area contributed by atoms with E-state index in [9.17, 15) is 4.79 Å². The van der Waals surface area contributed by atoms with Gasteiger partial charge in [-0.25, -0.2) is 0 Å². The van der Waals surface area contributed by atoms with Crippen molar-refractivity contribution in [2.75, 3.05) is 5.75 Å². The minimum atomic E-state index is 0.196. The first kappa shape index (κ1) is 12.1. The van der Waals surface area contributed by atoms with Crippen LogP contribution in [0.1, 0.15) is 25.7 Å². The summed E-state index contributed by atoms with van der Waals surface area (Å²) in [6.45, 7) is 0. The van der Waals surface area contributed by atoms with E-state index in [0.29, 0.717) is 11.8 Å².